The van der Waals surface area contributed by atoms with E-state index < -0.39 is 11.6 Å². The second-order valence-electron chi connectivity index (χ2n) is 6.29. The van der Waals surface area contributed by atoms with E-state index in [1.807, 2.05) is 30.5 Å². The molecule has 2 heterocycles. The molecule has 0 unspecified atom stereocenters. The molecule has 3 rings (SSSR count). The molecule has 0 amide bonds. The van der Waals surface area contributed by atoms with Crippen molar-refractivity contribution in [1.29, 1.82) is 0 Å². The van der Waals surface area contributed by atoms with Crippen LogP contribution in [0.1, 0.15) is 5.56 Å². The fourth-order valence-corrected chi connectivity index (χ4v) is 3.12. The summed E-state index contributed by atoms with van der Waals surface area (Å²) in [6, 6.07) is 9.28. The van der Waals surface area contributed by atoms with Gasteiger partial charge >= 0.3 is 0 Å². The lowest BCUT2D eigenvalue weighted by Crippen LogP contribution is -2.12. The summed E-state index contributed by atoms with van der Waals surface area (Å²) in [7, 11) is 5.31. The van der Waals surface area contributed by atoms with E-state index in [1.165, 1.54) is 37.4 Å². The zero-order valence-electron chi connectivity index (χ0n) is 16.7. The van der Waals surface area contributed by atoms with Crippen LogP contribution in [0.2, 0.25) is 0 Å². The van der Waals surface area contributed by atoms with E-state index in [2.05, 4.69) is 20.0 Å². The van der Waals surface area contributed by atoms with Crippen LogP contribution in [0.3, 0.4) is 0 Å². The number of methoxy groups -OCH3 is 1. The molecule has 0 aliphatic heterocycles. The number of aromatic nitrogens is 2. The summed E-state index contributed by atoms with van der Waals surface area (Å²) in [5.41, 5.74) is 1.71. The zero-order valence-corrected chi connectivity index (χ0v) is 18.6. The van der Waals surface area contributed by atoms with Gasteiger partial charge in [-0.25, -0.2) is 27.8 Å². The molecule has 0 atom stereocenters. The van der Waals surface area contributed by atoms with Crippen LogP contribution in [0.25, 0.3) is 11.1 Å². The van der Waals surface area contributed by atoms with Crippen LogP contribution >= 0.6 is 25.6 Å². The van der Waals surface area contributed by atoms with Crippen molar-refractivity contribution in [3.05, 3.63) is 66.0 Å². The first kappa shape index (κ1) is 23.9. The SMILES string of the molecule is COc1cc(F)ccc1-c1cc(Nc2cc(CNSN(C)C)ccn2)ncc1F.S. The van der Waals surface area contributed by atoms with Crippen LogP contribution in [0.5, 0.6) is 5.75 Å². The Bertz CT molecular complexity index is 991. The molecular formula is C20H23F2N5OS2. The third-order valence-corrected chi connectivity index (χ3v) is 4.55. The normalized spacial score (nSPS) is 10.6. The first-order chi connectivity index (χ1) is 14.0. The van der Waals surface area contributed by atoms with E-state index in [0.29, 0.717) is 23.7 Å². The number of hydrogen-bond donors (Lipinski definition) is 2. The van der Waals surface area contributed by atoms with Crippen molar-refractivity contribution in [2.75, 3.05) is 26.5 Å². The number of nitrogens with zero attached hydrogens (tertiary/aromatic N) is 3. The highest BCUT2D eigenvalue weighted by atomic mass is 32.2. The number of rotatable bonds is 8. The predicted octanol–water partition coefficient (Wildman–Crippen LogP) is 4.50. The minimum atomic E-state index is -0.535. The fourth-order valence-electron chi connectivity index (χ4n) is 2.63. The van der Waals surface area contributed by atoms with Crippen LogP contribution in [-0.4, -0.2) is 35.5 Å². The molecule has 6 nitrogen and oxygen atoms in total. The lowest BCUT2D eigenvalue weighted by atomic mass is 10.0. The number of anilines is 2. The lowest BCUT2D eigenvalue weighted by Gasteiger charge is -2.12. The maximum absolute atomic E-state index is 14.4. The van der Waals surface area contributed by atoms with Gasteiger partial charge in [-0.05, 0) is 50.0 Å². The molecule has 10 heteroatoms. The van der Waals surface area contributed by atoms with Gasteiger partial charge in [-0.15, -0.1) is 0 Å². The highest BCUT2D eigenvalue weighted by molar-refractivity contribution is 7.95. The Morgan fingerprint density at radius 2 is 1.80 bits per heavy atom. The standard InChI is InChI=1S/C20H21F2N5OS.H2S/c1-27(2)29-25-11-13-6-7-23-19(8-13)26-20-10-16(17(22)12-24-20)15-5-4-14(21)9-18(15)28-3;/h4-10,12,25H,11H2,1-3H3,(H,23,24,26);1H2. The fraction of sp³-hybridized carbons (Fsp3) is 0.200. The third-order valence-electron chi connectivity index (χ3n) is 3.91. The molecule has 2 aromatic heterocycles. The van der Waals surface area contributed by atoms with E-state index in [1.54, 1.807) is 12.3 Å². The van der Waals surface area contributed by atoms with Gasteiger partial charge in [0.15, 0.2) is 0 Å². The average molecular weight is 452 g/mol. The average Bonchev–Trinajstić information content (AvgIpc) is 2.69. The van der Waals surface area contributed by atoms with E-state index in [0.717, 1.165) is 11.8 Å². The quantitative estimate of drug-likeness (QED) is 0.489. The van der Waals surface area contributed by atoms with Crippen LogP contribution in [0, 0.1) is 11.6 Å². The number of halogens is 2. The van der Waals surface area contributed by atoms with Gasteiger partial charge in [0, 0.05) is 42.1 Å². The molecule has 30 heavy (non-hydrogen) atoms. The van der Waals surface area contributed by atoms with Crippen LogP contribution in [0.4, 0.5) is 20.4 Å². The predicted molar refractivity (Wildman–Crippen MR) is 122 cm³/mol. The van der Waals surface area contributed by atoms with Crippen molar-refractivity contribution >= 4 is 37.3 Å². The molecule has 3 aromatic rings. The number of pyridine rings is 2. The van der Waals surface area contributed by atoms with E-state index in [4.69, 9.17) is 4.74 Å². The molecule has 1 aromatic carbocycles. The highest BCUT2D eigenvalue weighted by Gasteiger charge is 2.13. The molecule has 0 fully saturated rings. The van der Waals surface area contributed by atoms with Crippen molar-refractivity contribution < 1.29 is 13.5 Å². The van der Waals surface area contributed by atoms with Crippen LogP contribution < -0.4 is 14.8 Å². The second-order valence-corrected chi connectivity index (χ2v) is 7.49. The van der Waals surface area contributed by atoms with Crippen LogP contribution in [0.15, 0.2) is 48.8 Å². The number of nitrogens with one attached hydrogen (secondary N) is 2. The zero-order chi connectivity index (χ0) is 20.8. The number of hydrogen-bond acceptors (Lipinski definition) is 7. The van der Waals surface area contributed by atoms with Gasteiger partial charge in [0.25, 0.3) is 0 Å². The summed E-state index contributed by atoms with van der Waals surface area (Å²) in [5.74, 6) is 0.238. The van der Waals surface area contributed by atoms with Gasteiger partial charge in [0.1, 0.15) is 29.0 Å². The molecule has 0 spiro atoms. The Morgan fingerprint density at radius 3 is 2.53 bits per heavy atom. The maximum atomic E-state index is 14.4. The molecule has 0 bridgehead atoms. The molecule has 0 saturated carbocycles. The Morgan fingerprint density at radius 1 is 1.03 bits per heavy atom. The minimum Gasteiger partial charge on any atom is -0.496 e. The van der Waals surface area contributed by atoms with E-state index in [9.17, 15) is 8.78 Å². The van der Waals surface area contributed by atoms with Gasteiger partial charge in [-0.2, -0.15) is 13.5 Å². The Balaban J connectivity index is 0.00000320. The van der Waals surface area contributed by atoms with Crippen molar-refractivity contribution in [1.82, 2.24) is 19.0 Å². The van der Waals surface area contributed by atoms with E-state index in [-0.39, 0.29) is 24.8 Å². The van der Waals surface area contributed by atoms with Crippen molar-refractivity contribution in [3.63, 3.8) is 0 Å². The number of ether oxygens (including phenoxy) is 1. The topological polar surface area (TPSA) is 62.3 Å². The Hall–Kier alpha value is -2.40. The Kier molecular flexibility index (Phi) is 8.85. The molecule has 0 aliphatic rings. The summed E-state index contributed by atoms with van der Waals surface area (Å²) in [5, 5.41) is 3.08. The minimum absolute atomic E-state index is 0. The molecule has 0 saturated heterocycles. The largest absolute Gasteiger partial charge is 0.496 e. The van der Waals surface area contributed by atoms with Gasteiger partial charge in [-0.1, -0.05) is 0 Å². The maximum Gasteiger partial charge on any atom is 0.149 e. The summed E-state index contributed by atoms with van der Waals surface area (Å²) < 4.78 is 38.3. The summed E-state index contributed by atoms with van der Waals surface area (Å²) in [6.07, 6.45) is 2.80. The van der Waals surface area contributed by atoms with E-state index >= 15 is 0 Å². The van der Waals surface area contributed by atoms with Gasteiger partial charge in [0.05, 0.1) is 13.3 Å². The molecule has 0 radical (unpaired) electrons. The number of benzene rings is 1. The van der Waals surface area contributed by atoms with Crippen molar-refractivity contribution in [2.45, 2.75) is 6.54 Å². The van der Waals surface area contributed by atoms with Crippen molar-refractivity contribution in [2.24, 2.45) is 0 Å². The van der Waals surface area contributed by atoms with Gasteiger partial charge < -0.3 is 10.1 Å². The summed E-state index contributed by atoms with van der Waals surface area (Å²) in [4.78, 5) is 8.36. The molecule has 0 aliphatic carbocycles. The Labute approximate surface area is 185 Å². The summed E-state index contributed by atoms with van der Waals surface area (Å²) >= 11 is 1.49. The smallest absolute Gasteiger partial charge is 0.149 e. The molecule has 160 valence electrons. The lowest BCUT2D eigenvalue weighted by molar-refractivity contribution is 0.412. The van der Waals surface area contributed by atoms with Crippen LogP contribution in [-0.2, 0) is 6.54 Å². The monoisotopic (exact) mass is 451 g/mol. The molecule has 2 N–H and O–H groups in total. The molecular weight excluding hydrogens is 428 g/mol. The van der Waals surface area contributed by atoms with Gasteiger partial charge in [0.2, 0.25) is 0 Å². The first-order valence-electron chi connectivity index (χ1n) is 8.75. The highest BCUT2D eigenvalue weighted by Crippen LogP contribution is 2.33. The summed E-state index contributed by atoms with van der Waals surface area (Å²) in [6.45, 7) is 0.648. The van der Waals surface area contributed by atoms with Crippen molar-refractivity contribution in [3.8, 4) is 16.9 Å². The van der Waals surface area contributed by atoms with Gasteiger partial charge in [-0.3, -0.25) is 0 Å². The third kappa shape index (κ3) is 6.30. The second kappa shape index (κ2) is 11.1. The first-order valence-corrected chi connectivity index (χ1v) is 9.52.